The van der Waals surface area contributed by atoms with E-state index in [4.69, 9.17) is 18.9 Å². The van der Waals surface area contributed by atoms with E-state index >= 15 is 8.42 Å². The van der Waals surface area contributed by atoms with Gasteiger partial charge in [-0.2, -0.15) is 9.10 Å². The SMILES string of the molecule is COc1ccc(CN(Cc2ccc(OC)cc2)S(=O)(=O)c2c(S(=O)(=O)NC(CO)CNC(=O)OCc3ccccc3)ccc(-c3cccc(Br)n3)c2-c2nnn(Cc3ccc(OC)cc3)n2)cc1. The predicted octanol–water partition coefficient (Wildman–Crippen LogP) is 6.20. The molecule has 0 fully saturated rings. The van der Waals surface area contributed by atoms with E-state index < -0.39 is 55.1 Å². The van der Waals surface area contributed by atoms with Gasteiger partial charge in [0.05, 0.1) is 51.8 Å². The molecule has 0 saturated heterocycles. The van der Waals surface area contributed by atoms with Crippen molar-refractivity contribution in [3.05, 3.63) is 160 Å². The van der Waals surface area contributed by atoms with E-state index in [-0.39, 0.29) is 48.9 Å². The van der Waals surface area contributed by atoms with Crippen molar-refractivity contribution in [1.82, 2.24) is 39.5 Å². The Hall–Kier alpha value is -6.75. The van der Waals surface area contributed by atoms with E-state index in [2.05, 4.69) is 46.4 Å². The zero-order valence-electron chi connectivity index (χ0n) is 37.0. The summed E-state index contributed by atoms with van der Waals surface area (Å²) in [6.45, 7) is -1.67. The van der Waals surface area contributed by atoms with Gasteiger partial charge < -0.3 is 29.4 Å². The zero-order chi connectivity index (χ0) is 48.3. The number of benzene rings is 5. The van der Waals surface area contributed by atoms with E-state index in [1.54, 1.807) is 122 Å². The molecule has 0 saturated carbocycles. The van der Waals surface area contributed by atoms with Crippen molar-refractivity contribution >= 4 is 42.1 Å². The number of aliphatic hydroxyl groups excluding tert-OH is 1. The maximum absolute atomic E-state index is 16.0. The number of amides is 1. The van der Waals surface area contributed by atoms with Crippen LogP contribution in [0.15, 0.2) is 148 Å². The number of nitrogens with zero attached hydrogens (tertiary/aromatic N) is 6. The number of aliphatic hydroxyl groups is 1. The fourth-order valence-electron chi connectivity index (χ4n) is 6.96. The van der Waals surface area contributed by atoms with Gasteiger partial charge >= 0.3 is 6.09 Å². The Balaban J connectivity index is 1.38. The molecule has 0 spiro atoms. The van der Waals surface area contributed by atoms with Gasteiger partial charge in [-0.1, -0.05) is 78.9 Å². The summed E-state index contributed by atoms with van der Waals surface area (Å²) < 4.78 is 87.0. The van der Waals surface area contributed by atoms with Crippen molar-refractivity contribution < 1.29 is 45.7 Å². The second-order valence-corrected chi connectivity index (χ2v) is 19.4. The van der Waals surface area contributed by atoms with Gasteiger partial charge in [0.25, 0.3) is 0 Å². The maximum Gasteiger partial charge on any atom is 0.407 e. The van der Waals surface area contributed by atoms with Crippen molar-refractivity contribution in [1.29, 1.82) is 0 Å². The summed E-state index contributed by atoms with van der Waals surface area (Å²) in [5.74, 6) is 1.47. The third-order valence-electron chi connectivity index (χ3n) is 10.4. The third kappa shape index (κ3) is 12.2. The normalized spacial score (nSPS) is 12.1. The molecule has 1 amide bonds. The highest BCUT2D eigenvalue weighted by Crippen LogP contribution is 2.41. The molecule has 7 rings (SSSR count). The highest BCUT2D eigenvalue weighted by atomic mass is 79.9. The minimum atomic E-state index is -4.99. The zero-order valence-corrected chi connectivity index (χ0v) is 40.2. The molecule has 7 aromatic rings. The number of carbonyl (C=O) groups is 1. The number of sulfonamides is 2. The summed E-state index contributed by atoms with van der Waals surface area (Å²) in [5.41, 5.74) is 2.75. The predicted molar refractivity (Wildman–Crippen MR) is 255 cm³/mol. The van der Waals surface area contributed by atoms with Crippen LogP contribution in [0.3, 0.4) is 0 Å². The van der Waals surface area contributed by atoms with E-state index in [1.165, 1.54) is 25.1 Å². The summed E-state index contributed by atoms with van der Waals surface area (Å²) in [5, 5.41) is 26.2. The Bertz CT molecular complexity index is 2990. The highest BCUT2D eigenvalue weighted by molar-refractivity contribution is 9.10. The van der Waals surface area contributed by atoms with Crippen LogP contribution >= 0.6 is 15.9 Å². The number of halogens is 1. The van der Waals surface area contributed by atoms with Crippen molar-refractivity contribution in [2.45, 2.75) is 42.1 Å². The lowest BCUT2D eigenvalue weighted by molar-refractivity contribution is 0.137. The van der Waals surface area contributed by atoms with Gasteiger partial charge in [-0.05, 0) is 98.0 Å². The third-order valence-corrected chi connectivity index (χ3v) is 14.5. The number of ether oxygens (including phenoxy) is 4. The first-order valence-electron chi connectivity index (χ1n) is 20.8. The molecule has 0 aliphatic carbocycles. The Morgan fingerprint density at radius 1 is 0.735 bits per heavy atom. The van der Waals surface area contributed by atoms with Crippen LogP contribution in [0.2, 0.25) is 0 Å². The highest BCUT2D eigenvalue weighted by Gasteiger charge is 2.39. The summed E-state index contributed by atoms with van der Waals surface area (Å²) in [6, 6.07) is 35.8. The molecule has 2 aromatic heterocycles. The van der Waals surface area contributed by atoms with E-state index in [1.807, 2.05) is 6.07 Å². The molecule has 21 heteroatoms. The first-order valence-corrected chi connectivity index (χ1v) is 24.6. The second-order valence-electron chi connectivity index (χ2n) is 15.1. The minimum Gasteiger partial charge on any atom is -0.497 e. The number of nitrogens with one attached hydrogen (secondary N) is 2. The number of hydrogen-bond acceptors (Lipinski definition) is 14. The molecule has 0 aliphatic rings. The fourth-order valence-corrected chi connectivity index (χ4v) is 10.9. The van der Waals surface area contributed by atoms with Crippen molar-refractivity contribution in [2.75, 3.05) is 34.5 Å². The molecule has 0 bridgehead atoms. The van der Waals surface area contributed by atoms with Gasteiger partial charge in [0.1, 0.15) is 38.2 Å². The van der Waals surface area contributed by atoms with Crippen LogP contribution in [-0.4, -0.2) is 98.1 Å². The largest absolute Gasteiger partial charge is 0.497 e. The molecular formula is C47H47BrN8O10S2. The van der Waals surface area contributed by atoms with E-state index in [0.717, 1.165) is 21.5 Å². The molecule has 0 radical (unpaired) electrons. The number of pyridine rings is 1. The van der Waals surface area contributed by atoms with Crippen molar-refractivity contribution in [3.8, 4) is 39.9 Å². The van der Waals surface area contributed by atoms with Gasteiger partial charge in [0.15, 0.2) is 0 Å². The van der Waals surface area contributed by atoms with Crippen LogP contribution in [0, 0.1) is 0 Å². The Morgan fingerprint density at radius 2 is 1.32 bits per heavy atom. The molecule has 68 heavy (non-hydrogen) atoms. The van der Waals surface area contributed by atoms with Crippen LogP contribution in [0.25, 0.3) is 22.6 Å². The lowest BCUT2D eigenvalue weighted by atomic mass is 10.0. The molecule has 5 aromatic carbocycles. The number of hydrogen-bond donors (Lipinski definition) is 3. The standard InChI is InChI=1S/C47H47BrN8O10S2/c1-63-37-18-12-32(13-19-37)27-55(28-33-14-20-38(64-2)21-15-33)68(61,62)45-42(67(59,60)53-36(30-57)26-49-47(58)66-31-35-8-5-4-6-9-35)25-24-40(41-10-7-11-43(48)50-41)44(45)46-51-54-56(52-46)29-34-16-22-39(65-3)23-17-34/h4-25,36,53,57H,26-31H2,1-3H3,(H,49,58). The van der Waals surface area contributed by atoms with Gasteiger partial charge in [-0.25, -0.2) is 31.3 Å². The smallest absolute Gasteiger partial charge is 0.407 e. The van der Waals surface area contributed by atoms with Crippen LogP contribution < -0.4 is 24.2 Å². The summed E-state index contributed by atoms with van der Waals surface area (Å²) >= 11 is 3.41. The summed E-state index contributed by atoms with van der Waals surface area (Å²) in [7, 11) is -5.36. The Morgan fingerprint density at radius 3 is 1.88 bits per heavy atom. The molecule has 1 unspecified atom stereocenters. The van der Waals surface area contributed by atoms with Crippen molar-refractivity contribution in [2.24, 2.45) is 0 Å². The average molecular weight is 1030 g/mol. The number of rotatable bonds is 21. The van der Waals surface area contributed by atoms with Gasteiger partial charge in [0, 0.05) is 25.2 Å². The van der Waals surface area contributed by atoms with Crippen molar-refractivity contribution in [3.63, 3.8) is 0 Å². The van der Waals surface area contributed by atoms with Crippen LogP contribution in [0.4, 0.5) is 4.79 Å². The molecule has 3 N–H and O–H groups in total. The monoisotopic (exact) mass is 1030 g/mol. The van der Waals surface area contributed by atoms with E-state index in [9.17, 15) is 18.3 Å². The molecule has 2 heterocycles. The lowest BCUT2D eigenvalue weighted by Gasteiger charge is -2.26. The average Bonchev–Trinajstić information content (AvgIpc) is 3.82. The topological polar surface area (TPSA) is 226 Å². The Kier molecular flexibility index (Phi) is 16.2. The first kappa shape index (κ1) is 49.2. The molecule has 18 nitrogen and oxygen atoms in total. The van der Waals surface area contributed by atoms with Crippen LogP contribution in [0.5, 0.6) is 17.2 Å². The molecular weight excluding hydrogens is 981 g/mol. The van der Waals surface area contributed by atoms with E-state index in [0.29, 0.717) is 33.0 Å². The van der Waals surface area contributed by atoms with Crippen LogP contribution in [0.1, 0.15) is 22.3 Å². The minimum absolute atomic E-state index is 0.0618. The lowest BCUT2D eigenvalue weighted by Crippen LogP contribution is -2.46. The summed E-state index contributed by atoms with van der Waals surface area (Å²) in [4.78, 5) is 17.2. The van der Waals surface area contributed by atoms with Gasteiger partial charge in [0.2, 0.25) is 25.9 Å². The first-order chi connectivity index (χ1) is 32.8. The number of aromatic nitrogens is 5. The number of tetrazole rings is 1. The number of alkyl carbamates (subject to hydrolysis) is 1. The fraction of sp³-hybridized carbons (Fsp3) is 0.213. The maximum atomic E-state index is 16.0. The number of carbonyl (C=O) groups excluding carboxylic acids is 1. The molecule has 0 aliphatic heterocycles. The summed E-state index contributed by atoms with van der Waals surface area (Å²) in [6.07, 6.45) is -0.876. The van der Waals surface area contributed by atoms with Crippen LogP contribution in [-0.2, 0) is 51.0 Å². The number of methoxy groups -OCH3 is 3. The Labute approximate surface area is 402 Å². The quantitative estimate of drug-likeness (QED) is 0.0683. The van der Waals surface area contributed by atoms with Gasteiger partial charge in [-0.3, -0.25) is 0 Å². The van der Waals surface area contributed by atoms with Gasteiger partial charge in [-0.15, -0.1) is 10.2 Å². The second kappa shape index (κ2) is 22.4. The molecule has 354 valence electrons. The molecule has 1 atom stereocenters.